The largest absolute Gasteiger partial charge is 0.508 e. The zero-order valence-corrected chi connectivity index (χ0v) is 12.7. The normalized spacial score (nSPS) is 19.4. The second-order valence-corrected chi connectivity index (χ2v) is 6.69. The Balaban J connectivity index is 2.39. The van der Waals surface area contributed by atoms with Gasteiger partial charge in [-0.05, 0) is 23.6 Å². The van der Waals surface area contributed by atoms with Crippen LogP contribution in [0.15, 0.2) is 18.2 Å². The number of piperazine rings is 1. The van der Waals surface area contributed by atoms with E-state index in [0.29, 0.717) is 10.8 Å². The molecule has 0 radical (unpaired) electrons. The molecule has 1 aromatic rings. The lowest BCUT2D eigenvalue weighted by atomic mass is 9.80. The minimum Gasteiger partial charge on any atom is -0.508 e. The van der Waals surface area contributed by atoms with E-state index in [4.69, 9.17) is 11.6 Å². The molecule has 0 saturated carbocycles. The highest BCUT2D eigenvalue weighted by Crippen LogP contribution is 2.42. The Kier molecular flexibility index (Phi) is 4.39. The number of phenols is 1. The van der Waals surface area contributed by atoms with Gasteiger partial charge in [0.25, 0.3) is 0 Å². The molecule has 1 aliphatic rings. The van der Waals surface area contributed by atoms with Crippen LogP contribution in [0, 0.1) is 5.41 Å². The fraction of sp³-hybridized carbons (Fsp3) is 0.600. The van der Waals surface area contributed by atoms with Crippen molar-refractivity contribution in [3.05, 3.63) is 28.8 Å². The Morgan fingerprint density at radius 1 is 1.26 bits per heavy atom. The molecule has 0 unspecified atom stereocenters. The Bertz CT molecular complexity index is 436. The summed E-state index contributed by atoms with van der Waals surface area (Å²) < 4.78 is 0. The molecule has 0 aromatic heterocycles. The van der Waals surface area contributed by atoms with Crippen LogP contribution in [0.4, 0.5) is 0 Å². The molecule has 1 aliphatic heterocycles. The first-order valence-electron chi connectivity index (χ1n) is 6.83. The maximum atomic E-state index is 10.2. The van der Waals surface area contributed by atoms with Crippen molar-refractivity contribution in [3.8, 4) is 5.75 Å². The van der Waals surface area contributed by atoms with Crippen LogP contribution < -0.4 is 5.32 Å². The van der Waals surface area contributed by atoms with Gasteiger partial charge in [-0.1, -0.05) is 32.4 Å². The number of hydrogen-bond donors (Lipinski definition) is 2. The molecule has 1 fully saturated rings. The number of nitrogens with zero attached hydrogens (tertiary/aromatic N) is 1. The van der Waals surface area contributed by atoms with E-state index in [1.54, 1.807) is 12.1 Å². The molecular formula is C15H23ClN2O. The van der Waals surface area contributed by atoms with E-state index >= 15 is 0 Å². The Labute approximate surface area is 120 Å². The van der Waals surface area contributed by atoms with Gasteiger partial charge in [-0.3, -0.25) is 4.90 Å². The van der Waals surface area contributed by atoms with E-state index in [-0.39, 0.29) is 11.5 Å². The molecule has 1 saturated heterocycles. The van der Waals surface area contributed by atoms with Gasteiger partial charge in [0, 0.05) is 42.8 Å². The third-order valence-electron chi connectivity index (χ3n) is 3.62. The average molecular weight is 283 g/mol. The maximum Gasteiger partial charge on any atom is 0.120 e. The number of benzene rings is 1. The van der Waals surface area contributed by atoms with E-state index in [1.807, 2.05) is 6.07 Å². The topological polar surface area (TPSA) is 35.5 Å². The maximum absolute atomic E-state index is 10.2. The number of aromatic hydroxyl groups is 1. The van der Waals surface area contributed by atoms with E-state index in [0.717, 1.165) is 31.7 Å². The summed E-state index contributed by atoms with van der Waals surface area (Å²) in [6.07, 6.45) is 0. The second kappa shape index (κ2) is 5.70. The van der Waals surface area contributed by atoms with Gasteiger partial charge in [0.1, 0.15) is 5.75 Å². The molecular weight excluding hydrogens is 260 g/mol. The number of halogens is 1. The van der Waals surface area contributed by atoms with Gasteiger partial charge in [-0.25, -0.2) is 0 Å². The van der Waals surface area contributed by atoms with Gasteiger partial charge >= 0.3 is 0 Å². The monoisotopic (exact) mass is 282 g/mol. The van der Waals surface area contributed by atoms with Crippen molar-refractivity contribution in [2.75, 3.05) is 26.2 Å². The molecule has 0 amide bonds. The molecule has 0 bridgehead atoms. The smallest absolute Gasteiger partial charge is 0.120 e. The van der Waals surface area contributed by atoms with Crippen LogP contribution in [0.1, 0.15) is 32.4 Å². The molecule has 1 heterocycles. The van der Waals surface area contributed by atoms with Crippen molar-refractivity contribution < 1.29 is 5.11 Å². The Morgan fingerprint density at radius 2 is 1.89 bits per heavy atom. The van der Waals surface area contributed by atoms with Gasteiger partial charge in [0.15, 0.2) is 0 Å². The fourth-order valence-corrected chi connectivity index (χ4v) is 3.08. The molecule has 106 valence electrons. The number of hydrogen-bond acceptors (Lipinski definition) is 3. The summed E-state index contributed by atoms with van der Waals surface area (Å²) in [5, 5.41) is 14.2. The highest BCUT2D eigenvalue weighted by molar-refractivity contribution is 6.30. The van der Waals surface area contributed by atoms with E-state index in [1.165, 1.54) is 0 Å². The van der Waals surface area contributed by atoms with Gasteiger partial charge < -0.3 is 10.4 Å². The first kappa shape index (κ1) is 14.6. The molecule has 2 N–H and O–H groups in total. The Hall–Kier alpha value is -0.770. The summed E-state index contributed by atoms with van der Waals surface area (Å²) in [7, 11) is 0. The molecule has 0 spiro atoms. The molecule has 4 heteroatoms. The number of rotatable bonds is 2. The van der Waals surface area contributed by atoms with Crippen LogP contribution in [0.25, 0.3) is 0 Å². The Morgan fingerprint density at radius 3 is 2.47 bits per heavy atom. The summed E-state index contributed by atoms with van der Waals surface area (Å²) in [5.41, 5.74) is 0.973. The van der Waals surface area contributed by atoms with Gasteiger partial charge in [-0.2, -0.15) is 0 Å². The lowest BCUT2D eigenvalue weighted by Crippen LogP contribution is -2.48. The van der Waals surface area contributed by atoms with Crippen molar-refractivity contribution in [1.82, 2.24) is 10.2 Å². The predicted molar refractivity (Wildman–Crippen MR) is 79.8 cm³/mol. The van der Waals surface area contributed by atoms with Gasteiger partial charge in [0.05, 0.1) is 0 Å². The summed E-state index contributed by atoms with van der Waals surface area (Å²) in [6, 6.07) is 5.50. The van der Waals surface area contributed by atoms with E-state index in [2.05, 4.69) is 31.0 Å². The molecule has 19 heavy (non-hydrogen) atoms. The lowest BCUT2D eigenvalue weighted by molar-refractivity contribution is 0.0842. The average Bonchev–Trinajstić information content (AvgIpc) is 2.33. The van der Waals surface area contributed by atoms with Gasteiger partial charge in [-0.15, -0.1) is 0 Å². The summed E-state index contributed by atoms with van der Waals surface area (Å²) in [5.74, 6) is 0.336. The molecule has 3 nitrogen and oxygen atoms in total. The summed E-state index contributed by atoms with van der Waals surface area (Å²) >= 11 is 6.11. The molecule has 2 rings (SSSR count). The first-order chi connectivity index (χ1) is 8.89. The third-order valence-corrected chi connectivity index (χ3v) is 3.86. The standard InChI is InChI=1S/C15H23ClN2O/c1-15(2,3)14(18-8-6-17-7-9-18)12-10-11(16)4-5-13(12)19/h4-5,10,14,17,19H,6-9H2,1-3H3/t14-/m1/s1. The minimum absolute atomic E-state index is 0.0412. The lowest BCUT2D eigenvalue weighted by Gasteiger charge is -2.42. The molecule has 1 aromatic carbocycles. The van der Waals surface area contributed by atoms with Crippen molar-refractivity contribution in [2.24, 2.45) is 5.41 Å². The fourth-order valence-electron chi connectivity index (χ4n) is 2.90. The molecule has 0 aliphatic carbocycles. The predicted octanol–water partition coefficient (Wildman–Crippen LogP) is 3.04. The SMILES string of the molecule is CC(C)(C)[C@@H](c1cc(Cl)ccc1O)N1CCNCC1. The minimum atomic E-state index is 0.0412. The zero-order valence-electron chi connectivity index (χ0n) is 11.9. The van der Waals surface area contributed by atoms with Gasteiger partial charge in [0.2, 0.25) is 0 Å². The van der Waals surface area contributed by atoms with Crippen LogP contribution >= 0.6 is 11.6 Å². The zero-order chi connectivity index (χ0) is 14.0. The molecule has 1 atom stereocenters. The van der Waals surface area contributed by atoms with E-state index in [9.17, 15) is 5.11 Å². The third kappa shape index (κ3) is 3.41. The first-order valence-corrected chi connectivity index (χ1v) is 7.20. The van der Waals surface area contributed by atoms with Crippen LogP contribution in [-0.2, 0) is 0 Å². The summed E-state index contributed by atoms with van der Waals surface area (Å²) in [6.45, 7) is 10.6. The van der Waals surface area contributed by atoms with Crippen LogP contribution in [-0.4, -0.2) is 36.2 Å². The van der Waals surface area contributed by atoms with Crippen molar-refractivity contribution in [2.45, 2.75) is 26.8 Å². The second-order valence-electron chi connectivity index (χ2n) is 6.26. The number of phenolic OH excluding ortho intramolecular Hbond substituents is 1. The number of nitrogens with one attached hydrogen (secondary N) is 1. The highest BCUT2D eigenvalue weighted by atomic mass is 35.5. The van der Waals surface area contributed by atoms with Crippen LogP contribution in [0.5, 0.6) is 5.75 Å². The van der Waals surface area contributed by atoms with E-state index < -0.39 is 0 Å². The van der Waals surface area contributed by atoms with Crippen LogP contribution in [0.3, 0.4) is 0 Å². The highest BCUT2D eigenvalue weighted by Gasteiger charge is 2.34. The van der Waals surface area contributed by atoms with Crippen molar-refractivity contribution in [3.63, 3.8) is 0 Å². The van der Waals surface area contributed by atoms with Crippen molar-refractivity contribution in [1.29, 1.82) is 0 Å². The van der Waals surface area contributed by atoms with Crippen molar-refractivity contribution >= 4 is 11.6 Å². The van der Waals surface area contributed by atoms with Crippen LogP contribution in [0.2, 0.25) is 5.02 Å². The summed E-state index contributed by atoms with van der Waals surface area (Å²) in [4.78, 5) is 2.43. The quantitative estimate of drug-likeness (QED) is 0.875.